The van der Waals surface area contributed by atoms with Gasteiger partial charge >= 0.3 is 6.18 Å². The molecule has 0 fully saturated rings. The number of benzene rings is 1. The van der Waals surface area contributed by atoms with Gasteiger partial charge in [-0.15, -0.1) is 0 Å². The van der Waals surface area contributed by atoms with E-state index in [9.17, 15) is 18.0 Å². The van der Waals surface area contributed by atoms with Crippen molar-refractivity contribution in [3.63, 3.8) is 0 Å². The molecule has 8 nitrogen and oxygen atoms in total. The molecule has 0 radical (unpaired) electrons. The summed E-state index contributed by atoms with van der Waals surface area (Å²) in [4.78, 5) is 31.7. The van der Waals surface area contributed by atoms with E-state index < -0.39 is 11.9 Å². The number of alkyl halides is 3. The molecule has 190 valence electrons. The van der Waals surface area contributed by atoms with E-state index in [2.05, 4.69) is 34.1 Å². The minimum atomic E-state index is -4.51. The van der Waals surface area contributed by atoms with Gasteiger partial charge in [0, 0.05) is 37.1 Å². The lowest BCUT2D eigenvalue weighted by atomic mass is 10.0. The first-order chi connectivity index (χ1) is 17.6. The molecule has 1 aliphatic rings. The number of halogens is 3. The van der Waals surface area contributed by atoms with Crippen LogP contribution in [0.4, 0.5) is 24.7 Å². The number of amides is 1. The molecule has 0 bridgehead atoms. The number of carbonyl (C=O) groups is 1. The third kappa shape index (κ3) is 4.89. The highest BCUT2D eigenvalue weighted by molar-refractivity contribution is 6.00. The molecule has 11 heteroatoms. The number of carbonyl (C=O) groups excluding carboxylic acids is 1. The molecule has 4 aromatic rings. The Kier molecular flexibility index (Phi) is 6.14. The van der Waals surface area contributed by atoms with Gasteiger partial charge in [0.05, 0.1) is 18.4 Å². The Morgan fingerprint density at radius 2 is 1.84 bits per heavy atom. The minimum absolute atomic E-state index is 0.101. The van der Waals surface area contributed by atoms with E-state index in [4.69, 9.17) is 4.98 Å². The van der Waals surface area contributed by atoms with Gasteiger partial charge in [0.15, 0.2) is 17.3 Å². The standard InChI is InChI=1S/C26H24F3N7O/c1-15(2)22-18(5-4-10-30-22)23-31-11-19-25(34-23)36(14-21(37)32-19)12-16-6-8-17(9-7-16)24-33-20(13-35(24)3)26(27,28)29/h4-11,13,15H,12,14H2,1-3H3,(H,32,37). The van der Waals surface area contributed by atoms with Crippen molar-refractivity contribution in [2.24, 2.45) is 7.05 Å². The van der Waals surface area contributed by atoms with E-state index in [0.29, 0.717) is 29.4 Å². The van der Waals surface area contributed by atoms with E-state index in [-0.39, 0.29) is 24.2 Å². The fourth-order valence-corrected chi connectivity index (χ4v) is 4.32. The molecule has 4 heterocycles. The summed E-state index contributed by atoms with van der Waals surface area (Å²) in [6, 6.07) is 10.8. The lowest BCUT2D eigenvalue weighted by molar-refractivity contribution is -0.140. The van der Waals surface area contributed by atoms with Crippen LogP contribution < -0.4 is 10.2 Å². The highest BCUT2D eigenvalue weighted by atomic mass is 19.4. The van der Waals surface area contributed by atoms with Crippen molar-refractivity contribution in [2.45, 2.75) is 32.5 Å². The van der Waals surface area contributed by atoms with Gasteiger partial charge in [-0.1, -0.05) is 38.1 Å². The zero-order chi connectivity index (χ0) is 26.3. The first kappa shape index (κ1) is 24.4. The number of fused-ring (bicyclic) bond motifs is 1. The molecule has 5 rings (SSSR count). The fourth-order valence-electron chi connectivity index (χ4n) is 4.32. The number of pyridine rings is 1. The molecule has 37 heavy (non-hydrogen) atoms. The number of imidazole rings is 1. The molecule has 0 unspecified atom stereocenters. The summed E-state index contributed by atoms with van der Waals surface area (Å²) in [7, 11) is 1.53. The second-order valence-electron chi connectivity index (χ2n) is 9.18. The molecule has 1 aromatic carbocycles. The number of hydrogen-bond donors (Lipinski definition) is 1. The Hall–Kier alpha value is -4.28. The number of anilines is 2. The van der Waals surface area contributed by atoms with Gasteiger partial charge in [0.2, 0.25) is 5.91 Å². The van der Waals surface area contributed by atoms with Gasteiger partial charge in [-0.3, -0.25) is 9.78 Å². The van der Waals surface area contributed by atoms with E-state index in [0.717, 1.165) is 23.0 Å². The van der Waals surface area contributed by atoms with Gasteiger partial charge < -0.3 is 14.8 Å². The molecule has 0 aliphatic carbocycles. The first-order valence-electron chi connectivity index (χ1n) is 11.7. The highest BCUT2D eigenvalue weighted by Crippen LogP contribution is 2.33. The van der Waals surface area contributed by atoms with Crippen LogP contribution in [0.15, 0.2) is 55.0 Å². The summed E-state index contributed by atoms with van der Waals surface area (Å²) in [5.41, 5.74) is 2.70. The zero-order valence-electron chi connectivity index (χ0n) is 20.4. The van der Waals surface area contributed by atoms with Crippen molar-refractivity contribution in [3.05, 3.63) is 71.9 Å². The van der Waals surface area contributed by atoms with Crippen LogP contribution in [0.3, 0.4) is 0 Å². The minimum Gasteiger partial charge on any atom is -0.341 e. The first-order valence-corrected chi connectivity index (χ1v) is 11.7. The van der Waals surface area contributed by atoms with Crippen molar-refractivity contribution in [1.82, 2.24) is 24.5 Å². The number of aryl methyl sites for hydroxylation is 1. The molecular formula is C26H24F3N7O. The van der Waals surface area contributed by atoms with Crippen molar-refractivity contribution in [2.75, 3.05) is 16.8 Å². The Labute approximate surface area is 211 Å². The van der Waals surface area contributed by atoms with E-state index in [1.165, 1.54) is 11.6 Å². The molecular weight excluding hydrogens is 483 g/mol. The van der Waals surface area contributed by atoms with Crippen molar-refractivity contribution in [1.29, 1.82) is 0 Å². The van der Waals surface area contributed by atoms with E-state index in [1.54, 1.807) is 24.5 Å². The molecule has 0 spiro atoms. The summed E-state index contributed by atoms with van der Waals surface area (Å²) in [6.07, 6.45) is -0.203. The number of aromatic nitrogens is 5. The molecule has 1 N–H and O–H groups in total. The third-order valence-corrected chi connectivity index (χ3v) is 6.06. The second kappa shape index (κ2) is 9.30. The van der Waals surface area contributed by atoms with Crippen LogP contribution in [0.25, 0.3) is 22.8 Å². The summed E-state index contributed by atoms with van der Waals surface area (Å²) >= 11 is 0. The monoisotopic (exact) mass is 507 g/mol. The third-order valence-electron chi connectivity index (χ3n) is 6.06. The molecule has 3 aromatic heterocycles. The molecule has 0 atom stereocenters. The maximum absolute atomic E-state index is 13.0. The lowest BCUT2D eigenvalue weighted by Crippen LogP contribution is -2.38. The van der Waals surface area contributed by atoms with E-state index in [1.807, 2.05) is 29.2 Å². The van der Waals surface area contributed by atoms with Crippen LogP contribution in [0, 0.1) is 0 Å². The predicted molar refractivity (Wildman–Crippen MR) is 133 cm³/mol. The highest BCUT2D eigenvalue weighted by Gasteiger charge is 2.34. The predicted octanol–water partition coefficient (Wildman–Crippen LogP) is 5.04. The maximum atomic E-state index is 13.0. The summed E-state index contributed by atoms with van der Waals surface area (Å²) in [5.74, 6) is 1.32. The summed E-state index contributed by atoms with van der Waals surface area (Å²) in [6.45, 7) is 4.57. The summed E-state index contributed by atoms with van der Waals surface area (Å²) in [5, 5.41) is 2.82. The van der Waals surface area contributed by atoms with Gasteiger partial charge in [0.1, 0.15) is 11.5 Å². The van der Waals surface area contributed by atoms with Crippen molar-refractivity contribution < 1.29 is 18.0 Å². The fraction of sp³-hybridized carbons (Fsp3) is 0.269. The van der Waals surface area contributed by atoms with Crippen LogP contribution in [-0.2, 0) is 24.6 Å². The quantitative estimate of drug-likeness (QED) is 0.407. The average Bonchev–Trinajstić information content (AvgIpc) is 3.26. The number of nitrogens with one attached hydrogen (secondary N) is 1. The Morgan fingerprint density at radius 3 is 2.51 bits per heavy atom. The number of rotatable bonds is 5. The van der Waals surface area contributed by atoms with Gasteiger partial charge in [-0.2, -0.15) is 13.2 Å². The second-order valence-corrected chi connectivity index (χ2v) is 9.18. The normalized spacial score (nSPS) is 13.6. The molecule has 1 amide bonds. The summed E-state index contributed by atoms with van der Waals surface area (Å²) < 4.78 is 40.5. The van der Waals surface area contributed by atoms with Crippen LogP contribution >= 0.6 is 0 Å². The molecule has 0 saturated carbocycles. The average molecular weight is 508 g/mol. The van der Waals surface area contributed by atoms with Crippen LogP contribution in [0.1, 0.15) is 36.7 Å². The van der Waals surface area contributed by atoms with Crippen LogP contribution in [0.2, 0.25) is 0 Å². The Bertz CT molecular complexity index is 1460. The van der Waals surface area contributed by atoms with Crippen LogP contribution in [-0.4, -0.2) is 37.0 Å². The smallest absolute Gasteiger partial charge is 0.341 e. The van der Waals surface area contributed by atoms with Crippen LogP contribution in [0.5, 0.6) is 0 Å². The lowest BCUT2D eigenvalue weighted by Gasteiger charge is -2.30. The largest absolute Gasteiger partial charge is 0.434 e. The van der Waals surface area contributed by atoms with Gasteiger partial charge in [-0.25, -0.2) is 15.0 Å². The zero-order valence-corrected chi connectivity index (χ0v) is 20.4. The van der Waals surface area contributed by atoms with Crippen molar-refractivity contribution >= 4 is 17.4 Å². The number of nitrogens with zero attached hydrogens (tertiary/aromatic N) is 6. The van der Waals surface area contributed by atoms with E-state index >= 15 is 0 Å². The van der Waals surface area contributed by atoms with Crippen molar-refractivity contribution in [3.8, 4) is 22.8 Å². The SMILES string of the molecule is CC(C)c1ncccc1-c1ncc2c(n1)N(Cc1ccc(-c3nc(C(F)(F)F)cn3C)cc1)CC(=O)N2. The van der Waals surface area contributed by atoms with Gasteiger partial charge in [0.25, 0.3) is 0 Å². The topological polar surface area (TPSA) is 88.8 Å². The molecule has 0 saturated heterocycles. The Morgan fingerprint density at radius 1 is 1.08 bits per heavy atom. The number of hydrogen-bond acceptors (Lipinski definition) is 6. The maximum Gasteiger partial charge on any atom is 0.434 e. The van der Waals surface area contributed by atoms with Gasteiger partial charge in [-0.05, 0) is 23.6 Å². The Balaban J connectivity index is 1.43. The molecule has 1 aliphatic heterocycles.